The van der Waals surface area contributed by atoms with Gasteiger partial charge in [0, 0.05) is 16.5 Å². The number of rotatable bonds is 3. The SMILES string of the molecule is O=C1N=C(N2N=C(c3ccccc3)CC2c2ccccc2O)/C(=C/c2cccc(Br)c2)S1. The highest BCUT2D eigenvalue weighted by Gasteiger charge is 2.37. The first-order valence-electron chi connectivity index (χ1n) is 10.1. The van der Waals surface area contributed by atoms with Crippen molar-refractivity contribution in [3.05, 3.63) is 105 Å². The van der Waals surface area contributed by atoms with Gasteiger partial charge in [0.2, 0.25) is 0 Å². The summed E-state index contributed by atoms with van der Waals surface area (Å²) in [6.45, 7) is 0. The van der Waals surface area contributed by atoms with Gasteiger partial charge in [-0.2, -0.15) is 10.1 Å². The van der Waals surface area contributed by atoms with Crippen molar-refractivity contribution in [3.8, 4) is 5.75 Å². The average molecular weight is 504 g/mol. The van der Waals surface area contributed by atoms with Crippen LogP contribution in [-0.2, 0) is 0 Å². The summed E-state index contributed by atoms with van der Waals surface area (Å²) in [5, 5.41) is 16.9. The van der Waals surface area contributed by atoms with Crippen molar-refractivity contribution in [2.24, 2.45) is 10.1 Å². The number of thioether (sulfide) groups is 1. The van der Waals surface area contributed by atoms with Crippen LogP contribution in [0, 0.1) is 0 Å². The van der Waals surface area contributed by atoms with Gasteiger partial charge in [-0.05, 0) is 47.2 Å². The summed E-state index contributed by atoms with van der Waals surface area (Å²) < 4.78 is 0.956. The zero-order chi connectivity index (χ0) is 22.1. The van der Waals surface area contributed by atoms with E-state index in [9.17, 15) is 9.90 Å². The number of hydrogen-bond acceptors (Lipinski definition) is 5. The van der Waals surface area contributed by atoms with Crippen molar-refractivity contribution in [2.75, 3.05) is 0 Å². The van der Waals surface area contributed by atoms with E-state index in [1.165, 1.54) is 0 Å². The predicted octanol–water partition coefficient (Wildman–Crippen LogP) is 6.61. The first-order chi connectivity index (χ1) is 15.6. The van der Waals surface area contributed by atoms with Crippen LogP contribution in [0.25, 0.3) is 6.08 Å². The summed E-state index contributed by atoms with van der Waals surface area (Å²) in [4.78, 5) is 17.4. The first kappa shape index (κ1) is 20.7. The molecule has 0 spiro atoms. The number of aliphatic imine (C=N–C) groups is 1. The van der Waals surface area contributed by atoms with E-state index in [1.54, 1.807) is 17.1 Å². The molecule has 2 heterocycles. The second-order valence-electron chi connectivity index (χ2n) is 7.40. The molecule has 0 fully saturated rings. The lowest BCUT2D eigenvalue weighted by atomic mass is 9.97. The Hall–Kier alpha value is -3.16. The second kappa shape index (κ2) is 8.76. The molecular weight excluding hydrogens is 486 g/mol. The maximum Gasteiger partial charge on any atom is 0.311 e. The number of nitrogens with zero attached hydrogens (tertiary/aromatic N) is 3. The molecule has 5 rings (SSSR count). The Labute approximate surface area is 198 Å². The third kappa shape index (κ3) is 4.13. The van der Waals surface area contributed by atoms with Crippen molar-refractivity contribution in [3.63, 3.8) is 0 Å². The van der Waals surface area contributed by atoms with E-state index < -0.39 is 0 Å². The molecule has 1 atom stereocenters. The summed E-state index contributed by atoms with van der Waals surface area (Å²) in [5.74, 6) is 0.696. The average Bonchev–Trinajstić information content (AvgIpc) is 3.38. The number of hydrogen-bond donors (Lipinski definition) is 1. The van der Waals surface area contributed by atoms with Gasteiger partial charge in [0.05, 0.1) is 16.7 Å². The lowest BCUT2D eigenvalue weighted by Gasteiger charge is -2.24. The van der Waals surface area contributed by atoms with Crippen LogP contribution in [0.3, 0.4) is 0 Å². The van der Waals surface area contributed by atoms with Gasteiger partial charge in [-0.15, -0.1) is 0 Å². The van der Waals surface area contributed by atoms with Crippen LogP contribution in [0.2, 0.25) is 0 Å². The number of benzene rings is 3. The number of carbonyl (C=O) groups excluding carboxylic acids is 1. The van der Waals surface area contributed by atoms with E-state index in [0.717, 1.165) is 43.5 Å². The first-order valence-corrected chi connectivity index (χ1v) is 11.7. The molecule has 7 heteroatoms. The predicted molar refractivity (Wildman–Crippen MR) is 133 cm³/mol. The molecule has 1 N–H and O–H groups in total. The Kier molecular flexibility index (Phi) is 5.68. The normalized spacial score (nSPS) is 19.4. The monoisotopic (exact) mass is 503 g/mol. The summed E-state index contributed by atoms with van der Waals surface area (Å²) in [7, 11) is 0. The fourth-order valence-corrected chi connectivity index (χ4v) is 4.99. The van der Waals surface area contributed by atoms with Crippen LogP contribution in [0.15, 0.2) is 98.3 Å². The Morgan fingerprint density at radius 2 is 1.81 bits per heavy atom. The van der Waals surface area contributed by atoms with Crippen LogP contribution >= 0.6 is 27.7 Å². The zero-order valence-corrected chi connectivity index (χ0v) is 19.3. The van der Waals surface area contributed by atoms with E-state index in [0.29, 0.717) is 12.3 Å². The Morgan fingerprint density at radius 3 is 2.59 bits per heavy atom. The van der Waals surface area contributed by atoms with E-state index in [1.807, 2.05) is 72.8 Å². The van der Waals surface area contributed by atoms with Crippen molar-refractivity contribution < 1.29 is 9.90 Å². The molecule has 0 saturated carbocycles. The molecule has 1 amide bonds. The van der Waals surface area contributed by atoms with Crippen LogP contribution in [0.5, 0.6) is 5.75 Å². The van der Waals surface area contributed by atoms with Gasteiger partial charge in [0.25, 0.3) is 0 Å². The number of phenolic OH excluding ortho intramolecular Hbond substituents is 1. The van der Waals surface area contributed by atoms with E-state index >= 15 is 0 Å². The molecule has 2 aliphatic rings. The molecule has 3 aromatic rings. The number of para-hydroxylation sites is 1. The standard InChI is InChI=1S/C25H18BrN3O2S/c26-18-10-6-7-16(13-18)14-23-24(27-25(31)32-23)29-21(19-11-4-5-12-22(19)30)15-20(28-29)17-8-2-1-3-9-17/h1-14,21,30H,15H2/b23-14-. The molecule has 0 bridgehead atoms. The van der Waals surface area contributed by atoms with Crippen molar-refractivity contribution in [1.82, 2.24) is 5.01 Å². The molecule has 158 valence electrons. The highest BCUT2D eigenvalue weighted by Crippen LogP contribution is 2.41. The Morgan fingerprint density at radius 1 is 1.03 bits per heavy atom. The summed E-state index contributed by atoms with van der Waals surface area (Å²) in [5.41, 5.74) is 3.59. The number of phenols is 1. The number of aromatic hydroxyl groups is 1. The fourth-order valence-electron chi connectivity index (χ4n) is 3.83. The molecular formula is C25H18BrN3O2S. The number of halogens is 1. The van der Waals surface area contributed by atoms with E-state index in [-0.39, 0.29) is 17.0 Å². The lowest BCUT2D eigenvalue weighted by Crippen LogP contribution is -2.26. The molecule has 32 heavy (non-hydrogen) atoms. The summed E-state index contributed by atoms with van der Waals surface area (Å²) in [6.07, 6.45) is 2.53. The van der Waals surface area contributed by atoms with Crippen LogP contribution < -0.4 is 0 Å². The van der Waals surface area contributed by atoms with Gasteiger partial charge in [0.1, 0.15) is 5.75 Å². The maximum absolute atomic E-state index is 12.3. The third-order valence-electron chi connectivity index (χ3n) is 5.29. The number of amides is 1. The minimum absolute atomic E-state index is 0.196. The highest BCUT2D eigenvalue weighted by molar-refractivity contribution is 9.10. The Balaban J connectivity index is 1.59. The van der Waals surface area contributed by atoms with Crippen molar-refractivity contribution in [1.29, 1.82) is 0 Å². The minimum atomic E-state index is -0.277. The topological polar surface area (TPSA) is 65.3 Å². The zero-order valence-electron chi connectivity index (χ0n) is 16.9. The highest BCUT2D eigenvalue weighted by atomic mass is 79.9. The quantitative estimate of drug-likeness (QED) is 0.436. The van der Waals surface area contributed by atoms with Gasteiger partial charge < -0.3 is 5.11 Å². The number of amidine groups is 1. The fraction of sp³-hybridized carbons (Fsp3) is 0.0800. The molecule has 3 aromatic carbocycles. The summed E-state index contributed by atoms with van der Waals surface area (Å²) in [6, 6.07) is 24.8. The van der Waals surface area contributed by atoms with Crippen LogP contribution in [-0.4, -0.2) is 26.9 Å². The maximum atomic E-state index is 12.3. The summed E-state index contributed by atoms with van der Waals surface area (Å²) >= 11 is 4.58. The molecule has 5 nitrogen and oxygen atoms in total. The van der Waals surface area contributed by atoms with Gasteiger partial charge in [-0.1, -0.05) is 76.6 Å². The largest absolute Gasteiger partial charge is 0.508 e. The minimum Gasteiger partial charge on any atom is -0.508 e. The molecule has 1 unspecified atom stereocenters. The molecule has 2 aliphatic heterocycles. The van der Waals surface area contributed by atoms with Gasteiger partial charge in [0.15, 0.2) is 5.84 Å². The number of hydrazone groups is 1. The van der Waals surface area contributed by atoms with E-state index in [4.69, 9.17) is 5.10 Å². The smallest absolute Gasteiger partial charge is 0.311 e. The van der Waals surface area contributed by atoms with Gasteiger partial charge in [-0.3, -0.25) is 4.79 Å². The molecule has 0 aliphatic carbocycles. The van der Waals surface area contributed by atoms with Gasteiger partial charge in [-0.25, -0.2) is 5.01 Å². The third-order valence-corrected chi connectivity index (χ3v) is 6.57. The molecule has 0 aromatic heterocycles. The van der Waals surface area contributed by atoms with Gasteiger partial charge >= 0.3 is 5.24 Å². The number of carbonyl (C=O) groups is 1. The van der Waals surface area contributed by atoms with E-state index in [2.05, 4.69) is 20.9 Å². The molecule has 0 saturated heterocycles. The van der Waals surface area contributed by atoms with Crippen LogP contribution in [0.1, 0.15) is 29.2 Å². The molecule has 0 radical (unpaired) electrons. The van der Waals surface area contributed by atoms with Crippen molar-refractivity contribution >= 4 is 50.6 Å². The Bertz CT molecular complexity index is 1290. The van der Waals surface area contributed by atoms with Crippen molar-refractivity contribution in [2.45, 2.75) is 12.5 Å². The second-order valence-corrected chi connectivity index (χ2v) is 9.31. The van der Waals surface area contributed by atoms with Crippen LogP contribution in [0.4, 0.5) is 4.79 Å². The lowest BCUT2D eigenvalue weighted by molar-refractivity contribution is 0.267.